The zero-order valence-corrected chi connectivity index (χ0v) is 17.6. The highest BCUT2D eigenvalue weighted by atomic mass is 19.4. The molecule has 0 radical (unpaired) electrons. The molecule has 172 valence electrons. The molecule has 4 unspecified atom stereocenters. The van der Waals surface area contributed by atoms with E-state index in [0.29, 0.717) is 31.2 Å². The Labute approximate surface area is 187 Å². The SMILES string of the molecule is O=C(OC1[C@H]2CC3C[C@@H](CN1C3)C2Oc1ccc(-c2ccc3[nH]ccc3c2)nc1)C(F)(F)F. The Morgan fingerprint density at radius 3 is 2.79 bits per heavy atom. The molecule has 4 fully saturated rings. The highest BCUT2D eigenvalue weighted by Crippen LogP contribution is 2.48. The maximum Gasteiger partial charge on any atom is 0.490 e. The summed E-state index contributed by atoms with van der Waals surface area (Å²) in [5.41, 5.74) is 2.84. The number of hydrogen-bond acceptors (Lipinski definition) is 5. The maximum atomic E-state index is 12.8. The van der Waals surface area contributed by atoms with Gasteiger partial charge in [0.15, 0.2) is 6.23 Å². The Kier molecular flexibility index (Phi) is 4.65. The van der Waals surface area contributed by atoms with Gasteiger partial charge in [-0.05, 0) is 49.1 Å². The van der Waals surface area contributed by atoms with E-state index in [-0.39, 0.29) is 17.9 Å². The fourth-order valence-corrected chi connectivity index (χ4v) is 5.83. The van der Waals surface area contributed by atoms with E-state index >= 15 is 0 Å². The van der Waals surface area contributed by atoms with Crippen LogP contribution in [-0.4, -0.2) is 52.4 Å². The van der Waals surface area contributed by atoms with Gasteiger partial charge in [0.05, 0.1) is 11.9 Å². The lowest BCUT2D eigenvalue weighted by atomic mass is 9.65. The van der Waals surface area contributed by atoms with Crippen LogP contribution in [0.1, 0.15) is 12.8 Å². The molecular formula is C24H22F3N3O3. The predicted molar refractivity (Wildman–Crippen MR) is 113 cm³/mol. The molecule has 1 aromatic carbocycles. The number of aromatic amines is 1. The number of halogens is 3. The molecule has 7 rings (SSSR count). The number of rotatable bonds is 4. The van der Waals surface area contributed by atoms with Crippen molar-refractivity contribution in [3.05, 3.63) is 48.8 Å². The number of nitrogens with one attached hydrogen (secondary N) is 1. The molecule has 6 atom stereocenters. The second-order valence-electron chi connectivity index (χ2n) is 9.25. The maximum absolute atomic E-state index is 12.8. The van der Waals surface area contributed by atoms with E-state index in [2.05, 4.69) is 16.0 Å². The predicted octanol–water partition coefficient (Wildman–Crippen LogP) is 4.38. The number of carbonyl (C=O) groups is 1. The summed E-state index contributed by atoms with van der Waals surface area (Å²) in [6, 6.07) is 11.8. The molecule has 1 N–H and O–H groups in total. The molecular weight excluding hydrogens is 435 g/mol. The van der Waals surface area contributed by atoms with E-state index < -0.39 is 18.4 Å². The van der Waals surface area contributed by atoms with Gasteiger partial charge < -0.3 is 14.5 Å². The smallest absolute Gasteiger partial charge is 0.488 e. The molecule has 4 bridgehead atoms. The van der Waals surface area contributed by atoms with Gasteiger partial charge in [0, 0.05) is 47.6 Å². The van der Waals surface area contributed by atoms with Crippen molar-refractivity contribution in [2.45, 2.75) is 31.3 Å². The molecule has 0 spiro atoms. The van der Waals surface area contributed by atoms with Gasteiger partial charge in [0.1, 0.15) is 11.9 Å². The van der Waals surface area contributed by atoms with Crippen molar-refractivity contribution < 1.29 is 27.4 Å². The minimum absolute atomic E-state index is 0.194. The van der Waals surface area contributed by atoms with E-state index in [1.54, 1.807) is 6.20 Å². The lowest BCUT2D eigenvalue weighted by Gasteiger charge is -2.58. The minimum Gasteiger partial charge on any atom is -0.488 e. The van der Waals surface area contributed by atoms with Gasteiger partial charge in [-0.2, -0.15) is 13.2 Å². The number of esters is 1. The number of carbonyl (C=O) groups excluding carboxylic acids is 1. The molecule has 5 heterocycles. The van der Waals surface area contributed by atoms with Crippen LogP contribution in [0.4, 0.5) is 13.2 Å². The first kappa shape index (κ1) is 20.5. The second kappa shape index (κ2) is 7.48. The Bertz CT molecular complexity index is 1190. The number of ether oxygens (including phenoxy) is 2. The number of piperidine rings is 3. The van der Waals surface area contributed by atoms with Crippen molar-refractivity contribution in [3.63, 3.8) is 0 Å². The average Bonchev–Trinajstić information content (AvgIpc) is 3.26. The number of nitrogens with zero attached hydrogens (tertiary/aromatic N) is 2. The minimum atomic E-state index is -5.00. The number of alkyl halides is 3. The van der Waals surface area contributed by atoms with E-state index in [0.717, 1.165) is 28.6 Å². The number of aromatic nitrogens is 2. The zero-order valence-electron chi connectivity index (χ0n) is 17.6. The van der Waals surface area contributed by atoms with Gasteiger partial charge in [-0.1, -0.05) is 6.07 Å². The van der Waals surface area contributed by atoms with Crippen molar-refractivity contribution in [2.75, 3.05) is 13.1 Å². The van der Waals surface area contributed by atoms with Gasteiger partial charge in [-0.25, -0.2) is 4.79 Å². The van der Waals surface area contributed by atoms with E-state index in [4.69, 9.17) is 9.47 Å². The van der Waals surface area contributed by atoms with Crippen LogP contribution < -0.4 is 4.74 Å². The summed E-state index contributed by atoms with van der Waals surface area (Å²) in [5, 5.41) is 1.10. The largest absolute Gasteiger partial charge is 0.490 e. The Balaban J connectivity index is 1.20. The molecule has 3 aromatic rings. The zero-order chi connectivity index (χ0) is 22.7. The van der Waals surface area contributed by atoms with Crippen molar-refractivity contribution in [1.29, 1.82) is 0 Å². The highest BCUT2D eigenvalue weighted by molar-refractivity contribution is 5.84. The lowest BCUT2D eigenvalue weighted by molar-refractivity contribution is -0.247. The van der Waals surface area contributed by atoms with Crippen LogP contribution in [0.3, 0.4) is 0 Å². The molecule has 1 aliphatic carbocycles. The summed E-state index contributed by atoms with van der Waals surface area (Å²) in [4.78, 5) is 21.1. The standard InChI is InChI=1S/C24H22F3N3O3/c25-24(26,27)23(31)33-22-18-8-13-7-16(12-30(22)11-13)21(18)32-17-2-4-20(29-10-17)14-1-3-19-15(9-14)5-6-28-19/h1-6,9-10,13,16,18,21-22,28H,7-8,11-12H2/t13?,16-,18-,21?,22?/m0/s1. The third kappa shape index (κ3) is 3.64. The molecule has 0 amide bonds. The summed E-state index contributed by atoms with van der Waals surface area (Å²) < 4.78 is 49.7. The number of H-pyrrole nitrogens is 1. The summed E-state index contributed by atoms with van der Waals surface area (Å²) in [7, 11) is 0. The summed E-state index contributed by atoms with van der Waals surface area (Å²) >= 11 is 0. The Morgan fingerprint density at radius 2 is 2.00 bits per heavy atom. The van der Waals surface area contributed by atoms with Crippen LogP contribution in [0.25, 0.3) is 22.2 Å². The number of hydrogen-bond donors (Lipinski definition) is 1. The second-order valence-corrected chi connectivity index (χ2v) is 9.25. The lowest BCUT2D eigenvalue weighted by Crippen LogP contribution is -2.67. The van der Waals surface area contributed by atoms with Crippen LogP contribution in [0.5, 0.6) is 5.75 Å². The molecule has 2 aromatic heterocycles. The molecule has 1 saturated carbocycles. The fraction of sp³-hybridized carbons (Fsp3) is 0.417. The Morgan fingerprint density at radius 1 is 1.12 bits per heavy atom. The van der Waals surface area contributed by atoms with Crippen molar-refractivity contribution in [3.8, 4) is 17.0 Å². The molecule has 9 heteroatoms. The van der Waals surface area contributed by atoms with Gasteiger partial charge >= 0.3 is 12.1 Å². The van der Waals surface area contributed by atoms with Gasteiger partial charge in [0.2, 0.25) is 0 Å². The van der Waals surface area contributed by atoms with Crippen molar-refractivity contribution in [1.82, 2.24) is 14.9 Å². The first-order valence-corrected chi connectivity index (χ1v) is 11.1. The monoisotopic (exact) mass is 457 g/mol. The Hall–Kier alpha value is -3.07. The molecule has 3 aliphatic heterocycles. The molecule has 3 saturated heterocycles. The van der Waals surface area contributed by atoms with E-state index in [9.17, 15) is 18.0 Å². The third-order valence-corrected chi connectivity index (χ3v) is 7.13. The summed E-state index contributed by atoms with van der Waals surface area (Å²) in [6.45, 7) is 1.23. The summed E-state index contributed by atoms with van der Waals surface area (Å²) in [6.07, 6.45) is -1.02. The third-order valence-electron chi connectivity index (χ3n) is 7.13. The van der Waals surface area contributed by atoms with Gasteiger partial charge in [0.25, 0.3) is 0 Å². The van der Waals surface area contributed by atoms with Crippen molar-refractivity contribution in [2.24, 2.45) is 17.8 Å². The van der Waals surface area contributed by atoms with Gasteiger partial charge in [-0.15, -0.1) is 0 Å². The first-order valence-electron chi connectivity index (χ1n) is 11.1. The highest BCUT2D eigenvalue weighted by Gasteiger charge is 2.57. The first-order chi connectivity index (χ1) is 15.8. The number of benzene rings is 1. The fourth-order valence-electron chi connectivity index (χ4n) is 5.83. The average molecular weight is 457 g/mol. The molecule has 6 nitrogen and oxygen atoms in total. The van der Waals surface area contributed by atoms with E-state index in [1.807, 2.05) is 41.4 Å². The van der Waals surface area contributed by atoms with Crippen LogP contribution >= 0.6 is 0 Å². The molecule has 33 heavy (non-hydrogen) atoms. The van der Waals surface area contributed by atoms with Crippen LogP contribution in [0, 0.1) is 17.8 Å². The van der Waals surface area contributed by atoms with Crippen LogP contribution in [0.15, 0.2) is 48.8 Å². The number of fused-ring (bicyclic) bond motifs is 1. The van der Waals surface area contributed by atoms with Crippen molar-refractivity contribution >= 4 is 16.9 Å². The van der Waals surface area contributed by atoms with Crippen LogP contribution in [-0.2, 0) is 9.53 Å². The summed E-state index contributed by atoms with van der Waals surface area (Å²) in [5.74, 6) is -1.27. The van der Waals surface area contributed by atoms with E-state index in [1.165, 1.54) is 0 Å². The topological polar surface area (TPSA) is 67.4 Å². The van der Waals surface area contributed by atoms with Crippen LogP contribution in [0.2, 0.25) is 0 Å². The molecule has 4 aliphatic rings. The van der Waals surface area contributed by atoms with Gasteiger partial charge in [-0.3, -0.25) is 9.88 Å². The normalized spacial score (nSPS) is 30.5. The number of pyridine rings is 1. The quantitative estimate of drug-likeness (QED) is 0.589.